The Morgan fingerprint density at radius 1 is 1.50 bits per heavy atom. The average Bonchev–Trinajstić information content (AvgIpc) is 2.05. The van der Waals surface area contributed by atoms with Crippen LogP contribution in [-0.2, 0) is 9.53 Å². The molecule has 1 heterocycles. The van der Waals surface area contributed by atoms with Crippen LogP contribution >= 0.6 is 0 Å². The van der Waals surface area contributed by atoms with Crippen LogP contribution in [-0.4, -0.2) is 18.1 Å². The normalized spacial score (nSPS) is 27.7. The van der Waals surface area contributed by atoms with E-state index in [-0.39, 0.29) is 11.7 Å². The van der Waals surface area contributed by atoms with E-state index in [1.165, 1.54) is 6.21 Å². The number of allylic oxidation sites excluding steroid dienone is 2. The van der Waals surface area contributed by atoms with E-state index in [1.54, 1.807) is 6.08 Å². The van der Waals surface area contributed by atoms with Crippen LogP contribution in [0.4, 0.5) is 4.79 Å². The zero-order valence-electron chi connectivity index (χ0n) is 6.32. The number of fused-ring (bicyclic) bond motifs is 1. The van der Waals surface area contributed by atoms with Crippen LogP contribution in [0.15, 0.2) is 16.8 Å². The average molecular weight is 165 g/mol. The van der Waals surface area contributed by atoms with Gasteiger partial charge in [-0.25, -0.2) is 4.79 Å². The third-order valence-corrected chi connectivity index (χ3v) is 1.91. The Hall–Kier alpha value is -1.45. The SMILES string of the molecule is O=C1CC=C2OC(=O)N=CC2C1. The van der Waals surface area contributed by atoms with Gasteiger partial charge in [-0.3, -0.25) is 4.79 Å². The van der Waals surface area contributed by atoms with E-state index in [0.29, 0.717) is 18.6 Å². The predicted molar refractivity (Wildman–Crippen MR) is 40.8 cm³/mol. The fraction of sp³-hybridized carbons (Fsp3) is 0.375. The van der Waals surface area contributed by atoms with E-state index in [4.69, 9.17) is 4.74 Å². The van der Waals surface area contributed by atoms with E-state index in [2.05, 4.69) is 4.99 Å². The Kier molecular flexibility index (Phi) is 1.53. The van der Waals surface area contributed by atoms with Crippen LogP contribution in [0, 0.1) is 5.92 Å². The predicted octanol–water partition coefficient (Wildman–Crippen LogP) is 1.07. The van der Waals surface area contributed by atoms with Crippen molar-refractivity contribution in [3.63, 3.8) is 0 Å². The molecule has 1 atom stereocenters. The second-order valence-corrected chi connectivity index (χ2v) is 2.81. The minimum atomic E-state index is -0.591. The Labute approximate surface area is 68.9 Å². The summed E-state index contributed by atoms with van der Waals surface area (Å²) in [4.78, 5) is 25.1. The lowest BCUT2D eigenvalue weighted by molar-refractivity contribution is -0.119. The number of hydrogen-bond donors (Lipinski definition) is 0. The molecule has 0 radical (unpaired) electrons. The maximum Gasteiger partial charge on any atom is 0.438 e. The molecule has 62 valence electrons. The Balaban J connectivity index is 2.28. The summed E-state index contributed by atoms with van der Waals surface area (Å²) in [5.74, 6) is 0.631. The van der Waals surface area contributed by atoms with Gasteiger partial charge in [-0.2, -0.15) is 4.99 Å². The molecule has 12 heavy (non-hydrogen) atoms. The third kappa shape index (κ3) is 1.15. The number of ketones is 1. The minimum Gasteiger partial charge on any atom is -0.413 e. The quantitative estimate of drug-likeness (QED) is 0.539. The van der Waals surface area contributed by atoms with Gasteiger partial charge in [0.05, 0.1) is 5.92 Å². The highest BCUT2D eigenvalue weighted by molar-refractivity contribution is 5.91. The van der Waals surface area contributed by atoms with Crippen molar-refractivity contribution in [2.75, 3.05) is 0 Å². The van der Waals surface area contributed by atoms with Crippen molar-refractivity contribution < 1.29 is 14.3 Å². The second kappa shape index (κ2) is 2.55. The van der Waals surface area contributed by atoms with Gasteiger partial charge in [-0.1, -0.05) is 0 Å². The first kappa shape index (κ1) is 7.21. The van der Waals surface area contributed by atoms with Gasteiger partial charge in [0.1, 0.15) is 11.5 Å². The summed E-state index contributed by atoms with van der Waals surface area (Å²) in [7, 11) is 0. The Bertz CT molecular complexity index is 303. The molecule has 0 aromatic rings. The number of rotatable bonds is 0. The van der Waals surface area contributed by atoms with Gasteiger partial charge < -0.3 is 4.74 Å². The van der Waals surface area contributed by atoms with Crippen molar-refractivity contribution in [3.05, 3.63) is 11.8 Å². The lowest BCUT2D eigenvalue weighted by atomic mass is 9.93. The standard InChI is InChI=1S/C8H7NO3/c10-6-1-2-7-5(3-6)4-9-8(11)12-7/h2,4-5H,1,3H2. The highest BCUT2D eigenvalue weighted by Crippen LogP contribution is 2.25. The zero-order valence-corrected chi connectivity index (χ0v) is 6.32. The van der Waals surface area contributed by atoms with Gasteiger partial charge in [-0.05, 0) is 6.08 Å². The Morgan fingerprint density at radius 2 is 2.33 bits per heavy atom. The van der Waals surface area contributed by atoms with Gasteiger partial charge in [-0.15, -0.1) is 0 Å². The molecule has 1 amide bonds. The summed E-state index contributed by atoms with van der Waals surface area (Å²) in [6.45, 7) is 0. The number of Topliss-reactive ketones (excluding diaryl/α,β-unsaturated/α-hetero) is 1. The number of hydrogen-bond acceptors (Lipinski definition) is 3. The molecule has 0 fully saturated rings. The number of amides is 1. The van der Waals surface area contributed by atoms with Crippen molar-refractivity contribution in [1.29, 1.82) is 0 Å². The summed E-state index contributed by atoms with van der Waals surface area (Å²) in [5.41, 5.74) is 0. The molecular formula is C8H7NO3. The van der Waals surface area contributed by atoms with E-state index in [9.17, 15) is 9.59 Å². The minimum absolute atomic E-state index is 0.107. The molecule has 1 unspecified atom stereocenters. The van der Waals surface area contributed by atoms with Crippen LogP contribution < -0.4 is 0 Å². The lowest BCUT2D eigenvalue weighted by Crippen LogP contribution is -2.23. The van der Waals surface area contributed by atoms with Crippen molar-refractivity contribution in [2.45, 2.75) is 12.8 Å². The van der Waals surface area contributed by atoms with Crippen LogP contribution in [0.2, 0.25) is 0 Å². The summed E-state index contributed by atoms with van der Waals surface area (Å²) in [5, 5.41) is 0. The molecule has 4 nitrogen and oxygen atoms in total. The van der Waals surface area contributed by atoms with E-state index < -0.39 is 6.09 Å². The summed E-state index contributed by atoms with van der Waals surface area (Å²) in [6.07, 6.45) is 3.32. The molecular weight excluding hydrogens is 158 g/mol. The molecule has 0 N–H and O–H groups in total. The summed E-state index contributed by atoms with van der Waals surface area (Å²) in [6, 6.07) is 0. The summed E-state index contributed by atoms with van der Waals surface area (Å²) >= 11 is 0. The first-order valence-corrected chi connectivity index (χ1v) is 3.73. The van der Waals surface area contributed by atoms with E-state index in [1.807, 2.05) is 0 Å². The largest absolute Gasteiger partial charge is 0.438 e. The first-order valence-electron chi connectivity index (χ1n) is 3.73. The van der Waals surface area contributed by atoms with Gasteiger partial charge in [0.2, 0.25) is 0 Å². The first-order chi connectivity index (χ1) is 5.75. The molecule has 0 saturated carbocycles. The van der Waals surface area contributed by atoms with Crippen LogP contribution in [0.1, 0.15) is 12.8 Å². The van der Waals surface area contributed by atoms with Crippen molar-refractivity contribution >= 4 is 18.1 Å². The third-order valence-electron chi connectivity index (χ3n) is 1.91. The van der Waals surface area contributed by atoms with Crippen molar-refractivity contribution in [2.24, 2.45) is 10.9 Å². The van der Waals surface area contributed by atoms with Crippen LogP contribution in [0.3, 0.4) is 0 Å². The highest BCUT2D eigenvalue weighted by Gasteiger charge is 2.27. The van der Waals surface area contributed by atoms with Gasteiger partial charge in [0, 0.05) is 19.1 Å². The van der Waals surface area contributed by atoms with Gasteiger partial charge in [0.15, 0.2) is 0 Å². The smallest absolute Gasteiger partial charge is 0.413 e. The number of nitrogens with zero attached hydrogens (tertiary/aromatic N) is 1. The van der Waals surface area contributed by atoms with Gasteiger partial charge >= 0.3 is 6.09 Å². The van der Waals surface area contributed by atoms with E-state index in [0.717, 1.165) is 0 Å². The fourth-order valence-electron chi connectivity index (χ4n) is 1.32. The maximum atomic E-state index is 11.0. The molecule has 1 aliphatic heterocycles. The number of carbonyl (C=O) groups excluding carboxylic acids is 2. The molecule has 0 spiro atoms. The van der Waals surface area contributed by atoms with Gasteiger partial charge in [0.25, 0.3) is 0 Å². The molecule has 4 heteroatoms. The lowest BCUT2D eigenvalue weighted by Gasteiger charge is -2.21. The van der Waals surface area contributed by atoms with Crippen LogP contribution in [0.25, 0.3) is 0 Å². The summed E-state index contributed by atoms with van der Waals surface area (Å²) < 4.78 is 4.81. The molecule has 2 rings (SSSR count). The van der Waals surface area contributed by atoms with Crippen molar-refractivity contribution in [3.8, 4) is 0 Å². The number of ether oxygens (including phenoxy) is 1. The molecule has 0 saturated heterocycles. The highest BCUT2D eigenvalue weighted by atomic mass is 16.6. The maximum absolute atomic E-state index is 11.0. The Morgan fingerprint density at radius 3 is 3.17 bits per heavy atom. The van der Waals surface area contributed by atoms with Crippen LogP contribution in [0.5, 0.6) is 0 Å². The molecule has 0 aromatic carbocycles. The van der Waals surface area contributed by atoms with E-state index >= 15 is 0 Å². The number of aliphatic imine (C=N–C) groups is 1. The monoisotopic (exact) mass is 165 g/mol. The topological polar surface area (TPSA) is 55.7 Å². The fourth-order valence-corrected chi connectivity index (χ4v) is 1.32. The molecule has 0 bridgehead atoms. The molecule has 1 aliphatic carbocycles. The molecule has 2 aliphatic rings. The molecule has 0 aromatic heterocycles. The number of carbonyl (C=O) groups is 2. The zero-order chi connectivity index (χ0) is 8.55. The van der Waals surface area contributed by atoms with Crippen molar-refractivity contribution in [1.82, 2.24) is 0 Å². The second-order valence-electron chi connectivity index (χ2n) is 2.81.